The van der Waals surface area contributed by atoms with Crippen LogP contribution in [0.15, 0.2) is 0 Å². The van der Waals surface area contributed by atoms with E-state index in [1.54, 1.807) is 6.92 Å². The molecular formula is C19H31N3O3. The van der Waals surface area contributed by atoms with E-state index >= 15 is 0 Å². The molecule has 0 saturated heterocycles. The van der Waals surface area contributed by atoms with Crippen LogP contribution in [0.2, 0.25) is 0 Å². The normalized spacial score (nSPS) is 33.0. The number of carbonyl (C=O) groups excluding carboxylic acids is 3. The van der Waals surface area contributed by atoms with Crippen LogP contribution in [-0.4, -0.2) is 29.8 Å². The van der Waals surface area contributed by atoms with E-state index in [1.165, 1.54) is 19.3 Å². The molecule has 0 aromatic rings. The third kappa shape index (κ3) is 4.15. The zero-order valence-corrected chi connectivity index (χ0v) is 15.1. The van der Waals surface area contributed by atoms with E-state index in [1.807, 2.05) is 0 Å². The summed E-state index contributed by atoms with van der Waals surface area (Å²) in [6, 6.07) is -0.745. The number of rotatable bonds is 6. The Hall–Kier alpha value is -1.59. The molecule has 6 heteroatoms. The molecule has 3 fully saturated rings. The number of nitrogens with two attached hydrogens (primary N) is 1. The Morgan fingerprint density at radius 3 is 2.40 bits per heavy atom. The standard InChI is InChI=1S/C19H31N3O3/c1-11(21-15(23)9-12-5-3-2-4-6-12)19(25)22-17-14-8-7-13(10-14)16(17)18(20)24/h11-14,16-17H,2-10H2,1H3,(H2,20,24)(H,21,23)(H,22,25)/t11-,13-,14-,16-,17-/m0/s1. The first-order valence-electron chi connectivity index (χ1n) is 9.84. The molecule has 25 heavy (non-hydrogen) atoms. The van der Waals surface area contributed by atoms with E-state index in [-0.39, 0.29) is 29.7 Å². The molecule has 2 bridgehead atoms. The van der Waals surface area contributed by atoms with Crippen LogP contribution in [0.5, 0.6) is 0 Å². The predicted molar refractivity (Wildman–Crippen MR) is 94.2 cm³/mol. The molecule has 140 valence electrons. The lowest BCUT2D eigenvalue weighted by Crippen LogP contribution is -2.53. The van der Waals surface area contributed by atoms with Crippen molar-refractivity contribution in [1.29, 1.82) is 0 Å². The Bertz CT molecular complexity index is 530. The Morgan fingerprint density at radius 2 is 1.72 bits per heavy atom. The summed E-state index contributed by atoms with van der Waals surface area (Å²) in [6.45, 7) is 1.71. The molecule has 3 saturated carbocycles. The van der Waals surface area contributed by atoms with Gasteiger partial charge in [0.1, 0.15) is 6.04 Å². The zero-order chi connectivity index (χ0) is 18.0. The van der Waals surface area contributed by atoms with Crippen molar-refractivity contribution in [1.82, 2.24) is 10.6 Å². The van der Waals surface area contributed by atoms with Crippen molar-refractivity contribution in [2.24, 2.45) is 29.4 Å². The Kier molecular flexibility index (Phi) is 5.64. The van der Waals surface area contributed by atoms with Gasteiger partial charge in [-0.2, -0.15) is 0 Å². The third-order valence-corrected chi connectivity index (χ3v) is 6.52. The fourth-order valence-corrected chi connectivity index (χ4v) is 5.22. The minimum Gasteiger partial charge on any atom is -0.369 e. The van der Waals surface area contributed by atoms with E-state index in [0.717, 1.165) is 32.1 Å². The largest absolute Gasteiger partial charge is 0.369 e. The fourth-order valence-electron chi connectivity index (χ4n) is 5.22. The van der Waals surface area contributed by atoms with Crippen LogP contribution in [0.1, 0.15) is 64.7 Å². The van der Waals surface area contributed by atoms with Crippen molar-refractivity contribution < 1.29 is 14.4 Å². The van der Waals surface area contributed by atoms with Gasteiger partial charge in [-0.15, -0.1) is 0 Å². The molecule has 0 aromatic heterocycles. The monoisotopic (exact) mass is 349 g/mol. The molecule has 5 atom stereocenters. The highest BCUT2D eigenvalue weighted by Crippen LogP contribution is 2.48. The topological polar surface area (TPSA) is 101 Å². The molecule has 3 aliphatic rings. The summed E-state index contributed by atoms with van der Waals surface area (Å²) in [5.41, 5.74) is 5.55. The minimum atomic E-state index is -0.580. The first-order valence-corrected chi connectivity index (χ1v) is 9.84. The van der Waals surface area contributed by atoms with E-state index in [2.05, 4.69) is 10.6 Å². The molecule has 0 unspecified atom stereocenters. The maximum atomic E-state index is 12.5. The number of fused-ring (bicyclic) bond motifs is 2. The second-order valence-corrected chi connectivity index (χ2v) is 8.29. The molecule has 4 N–H and O–H groups in total. The zero-order valence-electron chi connectivity index (χ0n) is 15.1. The van der Waals surface area contributed by atoms with Crippen molar-refractivity contribution in [3.05, 3.63) is 0 Å². The van der Waals surface area contributed by atoms with Gasteiger partial charge in [0.15, 0.2) is 0 Å². The molecule has 0 spiro atoms. The number of primary amides is 1. The molecule has 0 heterocycles. The second kappa shape index (κ2) is 7.75. The molecule has 3 aliphatic carbocycles. The maximum Gasteiger partial charge on any atom is 0.242 e. The van der Waals surface area contributed by atoms with Crippen LogP contribution in [0, 0.1) is 23.7 Å². The Balaban J connectivity index is 1.48. The number of carbonyl (C=O) groups is 3. The van der Waals surface area contributed by atoms with Crippen molar-refractivity contribution in [3.8, 4) is 0 Å². The van der Waals surface area contributed by atoms with Crippen LogP contribution in [0.25, 0.3) is 0 Å². The Morgan fingerprint density at radius 1 is 1.04 bits per heavy atom. The molecular weight excluding hydrogens is 318 g/mol. The molecule has 3 rings (SSSR count). The third-order valence-electron chi connectivity index (χ3n) is 6.52. The minimum absolute atomic E-state index is 0.0473. The number of amides is 3. The lowest BCUT2D eigenvalue weighted by Gasteiger charge is -2.30. The average Bonchev–Trinajstić information content (AvgIpc) is 3.16. The van der Waals surface area contributed by atoms with Gasteiger partial charge < -0.3 is 16.4 Å². The van der Waals surface area contributed by atoms with Gasteiger partial charge in [0.25, 0.3) is 0 Å². The highest BCUT2D eigenvalue weighted by atomic mass is 16.2. The van der Waals surface area contributed by atoms with Crippen molar-refractivity contribution in [3.63, 3.8) is 0 Å². The first-order chi connectivity index (χ1) is 12.0. The average molecular weight is 349 g/mol. The first kappa shape index (κ1) is 18.2. The summed E-state index contributed by atoms with van der Waals surface area (Å²) in [5.74, 6) is 0.281. The molecule has 3 amide bonds. The van der Waals surface area contributed by atoms with E-state index < -0.39 is 6.04 Å². The van der Waals surface area contributed by atoms with Crippen LogP contribution >= 0.6 is 0 Å². The smallest absolute Gasteiger partial charge is 0.242 e. The van der Waals surface area contributed by atoms with Gasteiger partial charge in [-0.25, -0.2) is 0 Å². The highest BCUT2D eigenvalue weighted by molar-refractivity contribution is 5.88. The van der Waals surface area contributed by atoms with Crippen LogP contribution < -0.4 is 16.4 Å². The van der Waals surface area contributed by atoms with Gasteiger partial charge in [-0.1, -0.05) is 19.3 Å². The van der Waals surface area contributed by atoms with Crippen LogP contribution in [0.3, 0.4) is 0 Å². The van der Waals surface area contributed by atoms with Crippen LogP contribution in [0.4, 0.5) is 0 Å². The number of hydrogen-bond donors (Lipinski definition) is 3. The number of nitrogens with one attached hydrogen (secondary N) is 2. The summed E-state index contributed by atoms with van der Waals surface area (Å²) >= 11 is 0. The van der Waals surface area contributed by atoms with Gasteiger partial charge in [0.2, 0.25) is 17.7 Å². The van der Waals surface area contributed by atoms with Gasteiger partial charge >= 0.3 is 0 Å². The number of hydrogen-bond acceptors (Lipinski definition) is 3. The van der Waals surface area contributed by atoms with Crippen molar-refractivity contribution in [2.45, 2.75) is 76.8 Å². The summed E-state index contributed by atoms with van der Waals surface area (Å²) in [7, 11) is 0. The summed E-state index contributed by atoms with van der Waals surface area (Å²) in [4.78, 5) is 36.4. The van der Waals surface area contributed by atoms with E-state index in [4.69, 9.17) is 5.73 Å². The summed E-state index contributed by atoms with van der Waals surface area (Å²) in [5, 5.41) is 5.82. The summed E-state index contributed by atoms with van der Waals surface area (Å²) in [6.07, 6.45) is 9.44. The van der Waals surface area contributed by atoms with Gasteiger partial charge in [-0.05, 0) is 56.8 Å². The maximum absolute atomic E-state index is 12.5. The van der Waals surface area contributed by atoms with Gasteiger partial charge in [0.05, 0.1) is 5.92 Å². The molecule has 6 nitrogen and oxygen atoms in total. The van der Waals surface area contributed by atoms with Gasteiger partial charge in [-0.3, -0.25) is 14.4 Å². The Labute approximate surface area is 149 Å². The van der Waals surface area contributed by atoms with Crippen LogP contribution in [-0.2, 0) is 14.4 Å². The molecule has 0 radical (unpaired) electrons. The molecule has 0 aromatic carbocycles. The summed E-state index contributed by atoms with van der Waals surface area (Å²) < 4.78 is 0. The van der Waals surface area contributed by atoms with Crippen molar-refractivity contribution in [2.75, 3.05) is 0 Å². The fraction of sp³-hybridized carbons (Fsp3) is 0.842. The SMILES string of the molecule is C[C@H](NC(=O)CC1CCCCC1)C(=O)N[C@H]1[C@H]2CC[C@@H](C2)[C@@H]1C(N)=O. The highest BCUT2D eigenvalue weighted by Gasteiger charge is 2.50. The quantitative estimate of drug-likeness (QED) is 0.677. The van der Waals surface area contributed by atoms with Crippen molar-refractivity contribution >= 4 is 17.7 Å². The second-order valence-electron chi connectivity index (χ2n) is 8.29. The molecule has 0 aliphatic heterocycles. The predicted octanol–water partition coefficient (Wildman–Crippen LogP) is 1.48. The van der Waals surface area contributed by atoms with Gasteiger partial charge in [0, 0.05) is 12.5 Å². The lowest BCUT2D eigenvalue weighted by molar-refractivity contribution is -0.131. The lowest BCUT2D eigenvalue weighted by atomic mass is 9.84. The van der Waals surface area contributed by atoms with E-state index in [0.29, 0.717) is 24.2 Å². The van der Waals surface area contributed by atoms with E-state index in [9.17, 15) is 14.4 Å².